The molecule has 0 aromatic heterocycles. The summed E-state index contributed by atoms with van der Waals surface area (Å²) in [5, 5.41) is 5.98. The second-order valence-electron chi connectivity index (χ2n) is 3.04. The number of hydrazone groups is 1. The van der Waals surface area contributed by atoms with Gasteiger partial charge in [0, 0.05) is 26.1 Å². The van der Waals surface area contributed by atoms with E-state index in [1.807, 2.05) is 27.9 Å². The van der Waals surface area contributed by atoms with Gasteiger partial charge in [0.15, 0.2) is 0 Å². The summed E-state index contributed by atoms with van der Waals surface area (Å²) in [4.78, 5) is 0. The summed E-state index contributed by atoms with van der Waals surface area (Å²) in [7, 11) is 5.37. The molecule has 0 amide bonds. The lowest BCUT2D eigenvalue weighted by molar-refractivity contribution is 0.271. The highest BCUT2D eigenvalue weighted by molar-refractivity contribution is 5.97. The molecule has 14 heavy (non-hydrogen) atoms. The molecule has 1 N–H and O–H groups in total. The lowest BCUT2D eigenvalue weighted by Gasteiger charge is -2.14. The zero-order valence-electron chi connectivity index (χ0n) is 10.0. The molecule has 0 fully saturated rings. The maximum Gasteiger partial charge on any atom is 0.1000 e. The highest BCUT2D eigenvalue weighted by Gasteiger charge is 2.04. The summed E-state index contributed by atoms with van der Waals surface area (Å²) < 4.78 is 5.26. The van der Waals surface area contributed by atoms with Crippen LogP contribution in [0.1, 0.15) is 27.2 Å². The van der Waals surface area contributed by atoms with Gasteiger partial charge in [-0.05, 0) is 13.8 Å². The molecular formula is C10H21N3O. The van der Waals surface area contributed by atoms with Crippen molar-refractivity contribution in [2.24, 2.45) is 5.10 Å². The molecule has 0 bridgehead atoms. The number of nitrogens with zero attached hydrogens (tertiary/aromatic N) is 2. The molecular weight excluding hydrogens is 178 g/mol. The van der Waals surface area contributed by atoms with E-state index in [2.05, 4.69) is 17.5 Å². The Labute approximate surface area is 86.6 Å². The third kappa shape index (κ3) is 3.79. The summed E-state index contributed by atoms with van der Waals surface area (Å²) in [6, 6.07) is 0. The normalized spacial score (nSPS) is 13.7. The predicted octanol–water partition coefficient (Wildman–Crippen LogP) is 1.76. The molecule has 82 valence electrons. The second-order valence-corrected chi connectivity index (χ2v) is 3.04. The molecule has 0 aromatic carbocycles. The van der Waals surface area contributed by atoms with E-state index < -0.39 is 0 Å². The number of nitrogens with one attached hydrogen (secondary N) is 1. The summed E-state index contributed by atoms with van der Waals surface area (Å²) in [5.41, 5.74) is 4.96. The van der Waals surface area contributed by atoms with Crippen molar-refractivity contribution >= 4 is 5.71 Å². The SMILES string of the molecule is CC/C(OC)=C(C)\C(C)=N\N(C)NC. The van der Waals surface area contributed by atoms with Crippen LogP contribution < -0.4 is 5.43 Å². The average molecular weight is 199 g/mol. The molecule has 0 aliphatic rings. The molecule has 0 saturated heterocycles. The van der Waals surface area contributed by atoms with Crippen LogP contribution >= 0.6 is 0 Å². The fourth-order valence-electron chi connectivity index (χ4n) is 1.11. The number of allylic oxidation sites excluding steroid dienone is 2. The van der Waals surface area contributed by atoms with Gasteiger partial charge in [0.05, 0.1) is 18.6 Å². The van der Waals surface area contributed by atoms with Crippen LogP contribution in [0.15, 0.2) is 16.4 Å². The van der Waals surface area contributed by atoms with E-state index in [0.29, 0.717) is 0 Å². The molecule has 0 radical (unpaired) electrons. The van der Waals surface area contributed by atoms with Crippen LogP contribution in [0.4, 0.5) is 0 Å². The second kappa shape index (κ2) is 6.43. The smallest absolute Gasteiger partial charge is 0.1000 e. The molecule has 0 aliphatic heterocycles. The first-order valence-corrected chi connectivity index (χ1v) is 4.77. The number of methoxy groups -OCH3 is 1. The number of hydrogen-bond acceptors (Lipinski definition) is 4. The van der Waals surface area contributed by atoms with Crippen LogP contribution in [-0.4, -0.2) is 32.0 Å². The Balaban J connectivity index is 4.74. The Hall–Kier alpha value is -1.03. The van der Waals surface area contributed by atoms with E-state index in [4.69, 9.17) is 4.74 Å². The quantitative estimate of drug-likeness (QED) is 0.416. The van der Waals surface area contributed by atoms with Crippen LogP contribution in [0.5, 0.6) is 0 Å². The Morgan fingerprint density at radius 3 is 2.36 bits per heavy atom. The van der Waals surface area contributed by atoms with Crippen LogP contribution in [0.2, 0.25) is 0 Å². The summed E-state index contributed by atoms with van der Waals surface area (Å²) >= 11 is 0. The zero-order valence-corrected chi connectivity index (χ0v) is 10.0. The van der Waals surface area contributed by atoms with Gasteiger partial charge in [-0.2, -0.15) is 5.10 Å². The standard InChI is InChI=1S/C10H21N3O/c1-7-10(14-6)8(2)9(3)12-13(5)11-4/h11H,7H2,1-6H3/b10-8+,12-9+. The number of hydrazine groups is 1. The van der Waals surface area contributed by atoms with E-state index >= 15 is 0 Å². The molecule has 0 spiro atoms. The Kier molecular flexibility index (Phi) is 5.95. The van der Waals surface area contributed by atoms with E-state index in [1.54, 1.807) is 12.2 Å². The fraction of sp³-hybridized carbons (Fsp3) is 0.700. The lowest BCUT2D eigenvalue weighted by atomic mass is 10.1. The molecule has 0 atom stereocenters. The van der Waals surface area contributed by atoms with Crippen molar-refractivity contribution in [3.8, 4) is 0 Å². The van der Waals surface area contributed by atoms with Gasteiger partial charge in [-0.1, -0.05) is 6.92 Å². The van der Waals surface area contributed by atoms with Crippen molar-refractivity contribution in [1.29, 1.82) is 0 Å². The van der Waals surface area contributed by atoms with E-state index in [1.165, 1.54) is 0 Å². The monoisotopic (exact) mass is 199 g/mol. The predicted molar refractivity (Wildman–Crippen MR) is 59.9 cm³/mol. The van der Waals surface area contributed by atoms with Crippen molar-refractivity contribution in [2.75, 3.05) is 21.2 Å². The molecule has 0 aliphatic carbocycles. The number of ether oxygens (including phenoxy) is 1. The summed E-state index contributed by atoms with van der Waals surface area (Å²) in [6.45, 7) is 6.06. The fourth-order valence-corrected chi connectivity index (χ4v) is 1.11. The molecule has 0 aromatic rings. The van der Waals surface area contributed by atoms with Gasteiger partial charge in [0.1, 0.15) is 0 Å². The van der Waals surface area contributed by atoms with Crippen molar-refractivity contribution < 1.29 is 4.74 Å². The minimum Gasteiger partial charge on any atom is -0.501 e. The summed E-state index contributed by atoms with van der Waals surface area (Å²) in [5.74, 6) is 0.982. The van der Waals surface area contributed by atoms with E-state index in [-0.39, 0.29) is 0 Å². The third-order valence-electron chi connectivity index (χ3n) is 2.15. The number of hydrogen-bond donors (Lipinski definition) is 1. The first-order chi connectivity index (χ1) is 6.56. The van der Waals surface area contributed by atoms with Gasteiger partial charge >= 0.3 is 0 Å². The van der Waals surface area contributed by atoms with Crippen molar-refractivity contribution in [1.82, 2.24) is 10.5 Å². The Morgan fingerprint density at radius 1 is 1.43 bits per heavy atom. The van der Waals surface area contributed by atoms with Crippen molar-refractivity contribution in [2.45, 2.75) is 27.2 Å². The summed E-state index contributed by atoms with van der Waals surface area (Å²) in [6.07, 6.45) is 0.887. The van der Waals surface area contributed by atoms with Crippen LogP contribution in [0, 0.1) is 0 Å². The topological polar surface area (TPSA) is 36.9 Å². The molecule has 4 nitrogen and oxygen atoms in total. The molecule has 0 unspecified atom stereocenters. The molecule has 0 heterocycles. The lowest BCUT2D eigenvalue weighted by Crippen LogP contribution is -2.26. The van der Waals surface area contributed by atoms with Crippen LogP contribution in [0.3, 0.4) is 0 Å². The van der Waals surface area contributed by atoms with Gasteiger partial charge in [-0.3, -0.25) is 0 Å². The van der Waals surface area contributed by atoms with Gasteiger partial charge in [-0.15, -0.1) is 0 Å². The highest BCUT2D eigenvalue weighted by atomic mass is 16.5. The molecule has 0 rings (SSSR count). The van der Waals surface area contributed by atoms with E-state index in [0.717, 1.165) is 23.5 Å². The zero-order chi connectivity index (χ0) is 11.1. The van der Waals surface area contributed by atoms with Gasteiger partial charge in [-0.25, -0.2) is 10.5 Å². The minimum absolute atomic E-state index is 0.887. The van der Waals surface area contributed by atoms with Crippen LogP contribution in [-0.2, 0) is 4.74 Å². The molecule has 0 saturated carbocycles. The van der Waals surface area contributed by atoms with Crippen LogP contribution in [0.25, 0.3) is 0 Å². The average Bonchev–Trinajstić information content (AvgIpc) is 2.19. The maximum absolute atomic E-state index is 5.26. The third-order valence-corrected chi connectivity index (χ3v) is 2.15. The van der Waals surface area contributed by atoms with Gasteiger partial charge in [0.25, 0.3) is 0 Å². The van der Waals surface area contributed by atoms with Crippen molar-refractivity contribution in [3.05, 3.63) is 11.3 Å². The Bertz CT molecular complexity index is 228. The highest BCUT2D eigenvalue weighted by Crippen LogP contribution is 2.10. The van der Waals surface area contributed by atoms with Gasteiger partial charge < -0.3 is 4.74 Å². The van der Waals surface area contributed by atoms with Gasteiger partial charge in [0.2, 0.25) is 0 Å². The largest absolute Gasteiger partial charge is 0.501 e. The van der Waals surface area contributed by atoms with E-state index in [9.17, 15) is 0 Å². The number of rotatable bonds is 5. The maximum atomic E-state index is 5.26. The first-order valence-electron chi connectivity index (χ1n) is 4.77. The molecule has 4 heteroatoms. The van der Waals surface area contributed by atoms with Crippen molar-refractivity contribution in [3.63, 3.8) is 0 Å². The minimum atomic E-state index is 0.887. The Morgan fingerprint density at radius 2 is 2.00 bits per heavy atom. The first kappa shape index (κ1) is 13.0.